The number of thioether (sulfide) groups is 1. The van der Waals surface area contributed by atoms with Crippen molar-refractivity contribution in [2.75, 3.05) is 36.8 Å². The fraction of sp³-hybridized carbons (Fsp3) is 0.240. The molecule has 4 aromatic rings. The number of nitrogens with zero attached hydrogens (tertiary/aromatic N) is 4. The van der Waals surface area contributed by atoms with E-state index < -0.39 is 0 Å². The maximum Gasteiger partial charge on any atom is 0.278 e. The van der Waals surface area contributed by atoms with Gasteiger partial charge in [-0.2, -0.15) is 0 Å². The monoisotopic (exact) mass is 459 g/mol. The lowest BCUT2D eigenvalue weighted by atomic mass is 10.2. The summed E-state index contributed by atoms with van der Waals surface area (Å²) in [6.07, 6.45) is 1.67. The number of rotatable bonds is 6. The Morgan fingerprint density at radius 2 is 1.79 bits per heavy atom. The lowest BCUT2D eigenvalue weighted by Gasteiger charge is -2.36. The van der Waals surface area contributed by atoms with E-state index >= 15 is 0 Å². The molecule has 2 aromatic heterocycles. The van der Waals surface area contributed by atoms with Crippen LogP contribution in [0.25, 0.3) is 21.9 Å². The van der Waals surface area contributed by atoms with Crippen molar-refractivity contribution in [1.82, 2.24) is 19.4 Å². The SMILES string of the molecule is C=CCn1c(SCC(=O)N2CCN(c3ccccc3)CC2)nc2c([nH]c3ccccc32)c1=O. The van der Waals surface area contributed by atoms with Crippen LogP contribution in [0.15, 0.2) is 77.2 Å². The summed E-state index contributed by atoms with van der Waals surface area (Å²) >= 11 is 1.31. The Labute approximate surface area is 195 Å². The molecular formula is C25H25N5O2S. The summed E-state index contributed by atoms with van der Waals surface area (Å²) < 4.78 is 1.58. The standard InChI is InChI=1S/C25H25N5O2S/c1-2-12-30-24(32)23-22(19-10-6-7-11-20(19)26-23)27-25(30)33-17-21(31)29-15-13-28(14-16-29)18-8-4-3-5-9-18/h2-11,26H,1,12-17H2. The molecule has 1 aliphatic heterocycles. The van der Waals surface area contributed by atoms with Crippen LogP contribution in [0.1, 0.15) is 0 Å². The molecule has 33 heavy (non-hydrogen) atoms. The van der Waals surface area contributed by atoms with E-state index in [4.69, 9.17) is 4.98 Å². The Kier molecular flexibility index (Phi) is 5.92. The van der Waals surface area contributed by atoms with Gasteiger partial charge in [-0.05, 0) is 18.2 Å². The van der Waals surface area contributed by atoms with Crippen molar-refractivity contribution in [2.24, 2.45) is 0 Å². The van der Waals surface area contributed by atoms with Crippen molar-refractivity contribution in [3.8, 4) is 0 Å². The van der Waals surface area contributed by atoms with E-state index in [1.165, 1.54) is 17.4 Å². The van der Waals surface area contributed by atoms with Crippen LogP contribution in [0.4, 0.5) is 5.69 Å². The fourth-order valence-corrected chi connectivity index (χ4v) is 5.15. The van der Waals surface area contributed by atoms with Crippen LogP contribution in [0.3, 0.4) is 0 Å². The average molecular weight is 460 g/mol. The van der Waals surface area contributed by atoms with Gasteiger partial charge in [0, 0.05) is 49.3 Å². The number of nitrogens with one attached hydrogen (secondary N) is 1. The molecule has 0 unspecified atom stereocenters. The second kappa shape index (κ2) is 9.15. The van der Waals surface area contributed by atoms with E-state index in [9.17, 15) is 9.59 Å². The van der Waals surface area contributed by atoms with Crippen LogP contribution in [-0.2, 0) is 11.3 Å². The molecule has 1 saturated heterocycles. The van der Waals surface area contributed by atoms with Gasteiger partial charge in [-0.1, -0.05) is 54.2 Å². The van der Waals surface area contributed by atoms with Gasteiger partial charge in [-0.25, -0.2) is 4.98 Å². The topological polar surface area (TPSA) is 74.2 Å². The molecule has 7 nitrogen and oxygen atoms in total. The first-order valence-electron chi connectivity index (χ1n) is 11.0. The highest BCUT2D eigenvalue weighted by Crippen LogP contribution is 2.25. The molecule has 1 N–H and O–H groups in total. The third-order valence-electron chi connectivity index (χ3n) is 5.97. The number of para-hydroxylation sites is 2. The molecule has 0 spiro atoms. The number of amides is 1. The summed E-state index contributed by atoms with van der Waals surface area (Å²) in [5.74, 6) is 0.300. The van der Waals surface area contributed by atoms with Crippen molar-refractivity contribution < 1.29 is 4.79 Å². The molecule has 0 saturated carbocycles. The number of carbonyl (C=O) groups excluding carboxylic acids is 1. The summed E-state index contributed by atoms with van der Waals surface area (Å²) in [5, 5.41) is 1.44. The van der Waals surface area contributed by atoms with Crippen molar-refractivity contribution in [1.29, 1.82) is 0 Å². The molecule has 0 aliphatic carbocycles. The number of piperazine rings is 1. The van der Waals surface area contributed by atoms with E-state index in [1.807, 2.05) is 47.4 Å². The number of allylic oxidation sites excluding steroid dienone is 1. The van der Waals surface area contributed by atoms with E-state index in [2.05, 4.69) is 28.6 Å². The number of hydrogen-bond donors (Lipinski definition) is 1. The average Bonchev–Trinajstić information content (AvgIpc) is 3.24. The third kappa shape index (κ3) is 4.14. The normalized spacial score (nSPS) is 14.2. The highest BCUT2D eigenvalue weighted by atomic mass is 32.2. The highest BCUT2D eigenvalue weighted by molar-refractivity contribution is 7.99. The summed E-state index contributed by atoms with van der Waals surface area (Å²) in [7, 11) is 0. The van der Waals surface area contributed by atoms with Crippen LogP contribution in [0.2, 0.25) is 0 Å². The summed E-state index contributed by atoms with van der Waals surface area (Å²) in [5.41, 5.74) is 3.02. The summed E-state index contributed by atoms with van der Waals surface area (Å²) in [6.45, 7) is 7.09. The second-order valence-corrected chi connectivity index (χ2v) is 8.93. The molecule has 168 valence electrons. The summed E-state index contributed by atoms with van der Waals surface area (Å²) in [4.78, 5) is 38.3. The Balaban J connectivity index is 1.33. The maximum absolute atomic E-state index is 13.2. The van der Waals surface area contributed by atoms with Gasteiger partial charge in [0.1, 0.15) is 11.0 Å². The number of H-pyrrole nitrogens is 1. The largest absolute Gasteiger partial charge is 0.368 e. The second-order valence-electron chi connectivity index (χ2n) is 7.99. The minimum absolute atomic E-state index is 0.0612. The van der Waals surface area contributed by atoms with Gasteiger partial charge in [-0.3, -0.25) is 14.2 Å². The van der Waals surface area contributed by atoms with Crippen LogP contribution < -0.4 is 10.5 Å². The smallest absolute Gasteiger partial charge is 0.278 e. The molecule has 0 bridgehead atoms. The molecule has 2 aromatic carbocycles. The van der Waals surface area contributed by atoms with Gasteiger partial charge in [-0.15, -0.1) is 6.58 Å². The zero-order chi connectivity index (χ0) is 22.8. The number of hydrogen-bond acceptors (Lipinski definition) is 5. The Hall–Kier alpha value is -3.52. The Morgan fingerprint density at radius 1 is 1.06 bits per heavy atom. The number of carbonyl (C=O) groups is 1. The molecule has 1 aliphatic rings. The van der Waals surface area contributed by atoms with Crippen LogP contribution >= 0.6 is 11.8 Å². The van der Waals surface area contributed by atoms with E-state index in [0.29, 0.717) is 35.8 Å². The van der Waals surface area contributed by atoms with Crippen molar-refractivity contribution >= 4 is 45.3 Å². The molecule has 1 fully saturated rings. The number of aromatic amines is 1. The van der Waals surface area contributed by atoms with Gasteiger partial charge in [0.05, 0.1) is 5.75 Å². The van der Waals surface area contributed by atoms with Crippen LogP contribution in [0.5, 0.6) is 0 Å². The van der Waals surface area contributed by atoms with Gasteiger partial charge in [0.25, 0.3) is 5.56 Å². The lowest BCUT2D eigenvalue weighted by molar-refractivity contribution is -0.128. The molecule has 0 atom stereocenters. The Morgan fingerprint density at radius 3 is 2.55 bits per heavy atom. The maximum atomic E-state index is 13.2. The number of anilines is 1. The number of benzene rings is 2. The van der Waals surface area contributed by atoms with Crippen LogP contribution in [0, 0.1) is 0 Å². The first-order valence-corrected chi connectivity index (χ1v) is 12.0. The summed E-state index contributed by atoms with van der Waals surface area (Å²) in [6, 6.07) is 18.0. The molecule has 0 radical (unpaired) electrons. The zero-order valence-electron chi connectivity index (χ0n) is 18.2. The highest BCUT2D eigenvalue weighted by Gasteiger charge is 2.22. The zero-order valence-corrected chi connectivity index (χ0v) is 19.1. The van der Waals surface area contributed by atoms with Gasteiger partial charge in [0.2, 0.25) is 5.91 Å². The van der Waals surface area contributed by atoms with Gasteiger partial charge in [0.15, 0.2) is 5.16 Å². The predicted octanol–water partition coefficient (Wildman–Crippen LogP) is 3.50. The van der Waals surface area contributed by atoms with Crippen molar-refractivity contribution in [2.45, 2.75) is 11.7 Å². The minimum atomic E-state index is -0.150. The molecule has 8 heteroatoms. The van der Waals surface area contributed by atoms with E-state index in [1.54, 1.807) is 10.6 Å². The minimum Gasteiger partial charge on any atom is -0.368 e. The molecule has 1 amide bonds. The molecular weight excluding hydrogens is 434 g/mol. The predicted molar refractivity (Wildman–Crippen MR) is 134 cm³/mol. The third-order valence-corrected chi connectivity index (χ3v) is 6.93. The first-order chi connectivity index (χ1) is 16.2. The molecule has 3 heterocycles. The quantitative estimate of drug-likeness (QED) is 0.271. The number of fused-ring (bicyclic) bond motifs is 3. The Bertz CT molecular complexity index is 1370. The first kappa shape index (κ1) is 21.3. The number of aromatic nitrogens is 3. The van der Waals surface area contributed by atoms with Gasteiger partial charge < -0.3 is 14.8 Å². The molecule has 5 rings (SSSR count). The lowest BCUT2D eigenvalue weighted by Crippen LogP contribution is -2.49. The van der Waals surface area contributed by atoms with Gasteiger partial charge >= 0.3 is 0 Å². The van der Waals surface area contributed by atoms with E-state index in [0.717, 1.165) is 24.0 Å². The fourth-order valence-electron chi connectivity index (χ4n) is 4.25. The van der Waals surface area contributed by atoms with Crippen molar-refractivity contribution in [3.63, 3.8) is 0 Å². The van der Waals surface area contributed by atoms with Crippen LogP contribution in [-0.4, -0.2) is 57.3 Å². The van der Waals surface area contributed by atoms with E-state index in [-0.39, 0.29) is 17.2 Å². The van der Waals surface area contributed by atoms with Crippen molar-refractivity contribution in [3.05, 3.63) is 77.6 Å².